The van der Waals surface area contributed by atoms with Crippen LogP contribution in [0.5, 0.6) is 0 Å². The van der Waals surface area contributed by atoms with E-state index >= 15 is 0 Å². The lowest BCUT2D eigenvalue weighted by molar-refractivity contribution is -0.122. The Morgan fingerprint density at radius 3 is 2.46 bits per heavy atom. The van der Waals surface area contributed by atoms with Gasteiger partial charge in [0.25, 0.3) is 0 Å². The molecule has 1 atom stereocenters. The zero-order chi connectivity index (χ0) is 16.9. The van der Waals surface area contributed by atoms with Gasteiger partial charge in [-0.3, -0.25) is 4.79 Å². The Bertz CT molecular complexity index is 677. The predicted molar refractivity (Wildman–Crippen MR) is 95.7 cm³/mol. The third kappa shape index (κ3) is 4.24. The van der Waals surface area contributed by atoms with Crippen molar-refractivity contribution < 1.29 is 9.90 Å². The maximum atomic E-state index is 12.5. The zero-order valence-electron chi connectivity index (χ0n) is 14.1. The molecule has 1 aliphatic rings. The molecule has 24 heavy (non-hydrogen) atoms. The van der Waals surface area contributed by atoms with Crippen molar-refractivity contribution in [3.63, 3.8) is 0 Å². The predicted octanol–water partition coefficient (Wildman–Crippen LogP) is 3.04. The standard InChI is InChI=1S/C21H25NO2/c1-15-7-5-6-10-17(15)14-21(24)22-20(18-12-19(23)13-18)11-16-8-3-2-4-9-16/h2-10,18-20,23H,11-14H2,1H3,(H,22,24)/t18?,19?,20-/m0/s1. The Kier molecular flexibility index (Phi) is 5.31. The molecule has 126 valence electrons. The number of carbonyl (C=O) groups excluding carboxylic acids is 1. The lowest BCUT2D eigenvalue weighted by Gasteiger charge is -2.38. The van der Waals surface area contributed by atoms with Gasteiger partial charge < -0.3 is 10.4 Å². The molecule has 2 N–H and O–H groups in total. The topological polar surface area (TPSA) is 49.3 Å². The summed E-state index contributed by atoms with van der Waals surface area (Å²) in [6.07, 6.45) is 2.58. The maximum absolute atomic E-state index is 12.5. The zero-order valence-corrected chi connectivity index (χ0v) is 14.1. The number of carbonyl (C=O) groups is 1. The number of amides is 1. The van der Waals surface area contributed by atoms with E-state index in [-0.39, 0.29) is 18.1 Å². The Morgan fingerprint density at radius 2 is 1.79 bits per heavy atom. The fourth-order valence-electron chi connectivity index (χ4n) is 3.40. The summed E-state index contributed by atoms with van der Waals surface area (Å²) >= 11 is 0. The van der Waals surface area contributed by atoms with Crippen LogP contribution in [0.4, 0.5) is 0 Å². The molecule has 0 unspecified atom stereocenters. The molecule has 0 spiro atoms. The smallest absolute Gasteiger partial charge is 0.224 e. The quantitative estimate of drug-likeness (QED) is 0.858. The first kappa shape index (κ1) is 16.7. The minimum absolute atomic E-state index is 0.0617. The molecule has 1 amide bonds. The molecule has 0 aromatic heterocycles. The summed E-state index contributed by atoms with van der Waals surface area (Å²) in [6.45, 7) is 2.03. The van der Waals surface area contributed by atoms with E-state index in [1.54, 1.807) is 0 Å². The summed E-state index contributed by atoms with van der Waals surface area (Å²) in [5, 5.41) is 12.8. The van der Waals surface area contributed by atoms with Crippen LogP contribution in [0.2, 0.25) is 0 Å². The van der Waals surface area contributed by atoms with Crippen molar-refractivity contribution in [2.75, 3.05) is 0 Å². The molecule has 0 saturated heterocycles. The molecule has 0 radical (unpaired) electrons. The molecule has 0 aliphatic heterocycles. The van der Waals surface area contributed by atoms with E-state index in [1.165, 1.54) is 5.56 Å². The second-order valence-corrected chi connectivity index (χ2v) is 6.85. The Labute approximate surface area is 143 Å². The minimum atomic E-state index is -0.207. The van der Waals surface area contributed by atoms with Gasteiger partial charge in [-0.05, 0) is 48.8 Å². The number of aliphatic hydroxyl groups excluding tert-OH is 1. The van der Waals surface area contributed by atoms with E-state index in [0.717, 1.165) is 30.4 Å². The number of rotatable bonds is 6. The highest BCUT2D eigenvalue weighted by Crippen LogP contribution is 2.31. The van der Waals surface area contributed by atoms with Crippen molar-refractivity contribution in [1.82, 2.24) is 5.32 Å². The first-order valence-electron chi connectivity index (χ1n) is 8.67. The molecule has 3 rings (SSSR count). The van der Waals surface area contributed by atoms with E-state index < -0.39 is 0 Å². The Hall–Kier alpha value is -2.13. The lowest BCUT2D eigenvalue weighted by atomic mass is 9.75. The van der Waals surface area contributed by atoms with Gasteiger partial charge in [0.15, 0.2) is 0 Å². The average molecular weight is 323 g/mol. The van der Waals surface area contributed by atoms with Crippen molar-refractivity contribution >= 4 is 5.91 Å². The first-order chi connectivity index (χ1) is 11.6. The van der Waals surface area contributed by atoms with Crippen LogP contribution in [-0.4, -0.2) is 23.2 Å². The van der Waals surface area contributed by atoms with E-state index in [1.807, 2.05) is 49.4 Å². The average Bonchev–Trinajstić information content (AvgIpc) is 2.54. The molecule has 2 aromatic carbocycles. The van der Waals surface area contributed by atoms with E-state index in [4.69, 9.17) is 0 Å². The van der Waals surface area contributed by atoms with E-state index in [0.29, 0.717) is 12.3 Å². The fourth-order valence-corrected chi connectivity index (χ4v) is 3.40. The number of aliphatic hydroxyl groups is 1. The molecule has 2 aromatic rings. The first-order valence-corrected chi connectivity index (χ1v) is 8.67. The van der Waals surface area contributed by atoms with Gasteiger partial charge in [0.2, 0.25) is 5.91 Å². The van der Waals surface area contributed by atoms with Crippen LogP contribution in [0.3, 0.4) is 0 Å². The fraction of sp³-hybridized carbons (Fsp3) is 0.381. The molecular weight excluding hydrogens is 298 g/mol. The molecule has 0 heterocycles. The molecular formula is C21H25NO2. The van der Waals surface area contributed by atoms with Crippen LogP contribution in [-0.2, 0) is 17.6 Å². The van der Waals surface area contributed by atoms with Crippen molar-refractivity contribution in [2.24, 2.45) is 5.92 Å². The normalized spacial score (nSPS) is 20.9. The Balaban J connectivity index is 1.65. The molecule has 3 nitrogen and oxygen atoms in total. The minimum Gasteiger partial charge on any atom is -0.393 e. The van der Waals surface area contributed by atoms with Gasteiger partial charge >= 0.3 is 0 Å². The van der Waals surface area contributed by atoms with Crippen molar-refractivity contribution in [1.29, 1.82) is 0 Å². The summed E-state index contributed by atoms with van der Waals surface area (Å²) in [4.78, 5) is 12.5. The van der Waals surface area contributed by atoms with Crippen LogP contribution < -0.4 is 5.32 Å². The van der Waals surface area contributed by atoms with Crippen molar-refractivity contribution in [2.45, 2.75) is 44.8 Å². The summed E-state index contributed by atoms with van der Waals surface area (Å²) in [5.74, 6) is 0.424. The largest absolute Gasteiger partial charge is 0.393 e. The molecule has 1 saturated carbocycles. The van der Waals surface area contributed by atoms with Gasteiger partial charge in [-0.15, -0.1) is 0 Å². The van der Waals surface area contributed by atoms with Crippen LogP contribution in [0.15, 0.2) is 54.6 Å². The van der Waals surface area contributed by atoms with Gasteiger partial charge in [-0.1, -0.05) is 54.6 Å². The summed E-state index contributed by atoms with van der Waals surface area (Å²) < 4.78 is 0. The van der Waals surface area contributed by atoms with E-state index in [9.17, 15) is 9.90 Å². The second kappa shape index (κ2) is 7.63. The number of aryl methyl sites for hydroxylation is 1. The van der Waals surface area contributed by atoms with Crippen LogP contribution in [0.25, 0.3) is 0 Å². The number of nitrogens with one attached hydrogen (secondary N) is 1. The monoisotopic (exact) mass is 323 g/mol. The van der Waals surface area contributed by atoms with Gasteiger partial charge in [0.1, 0.15) is 0 Å². The molecule has 3 heteroatoms. The lowest BCUT2D eigenvalue weighted by Crippen LogP contribution is -2.48. The highest BCUT2D eigenvalue weighted by Gasteiger charge is 2.34. The highest BCUT2D eigenvalue weighted by molar-refractivity contribution is 5.79. The van der Waals surface area contributed by atoms with Crippen LogP contribution in [0, 0.1) is 12.8 Å². The number of hydrogen-bond donors (Lipinski definition) is 2. The molecule has 1 fully saturated rings. The highest BCUT2D eigenvalue weighted by atomic mass is 16.3. The van der Waals surface area contributed by atoms with Crippen molar-refractivity contribution in [3.05, 3.63) is 71.3 Å². The van der Waals surface area contributed by atoms with Crippen LogP contribution >= 0.6 is 0 Å². The number of benzene rings is 2. The van der Waals surface area contributed by atoms with Gasteiger partial charge in [0, 0.05) is 6.04 Å². The SMILES string of the molecule is Cc1ccccc1CC(=O)N[C@@H](Cc1ccccc1)C1CC(O)C1. The number of hydrogen-bond acceptors (Lipinski definition) is 2. The molecule has 0 bridgehead atoms. The van der Waals surface area contributed by atoms with Gasteiger partial charge in [-0.25, -0.2) is 0 Å². The van der Waals surface area contributed by atoms with Crippen LogP contribution in [0.1, 0.15) is 29.5 Å². The summed E-state index contributed by atoms with van der Waals surface area (Å²) in [6, 6.07) is 18.3. The summed E-state index contributed by atoms with van der Waals surface area (Å²) in [5.41, 5.74) is 3.44. The van der Waals surface area contributed by atoms with Gasteiger partial charge in [0.05, 0.1) is 12.5 Å². The Morgan fingerprint density at radius 1 is 1.12 bits per heavy atom. The maximum Gasteiger partial charge on any atom is 0.224 e. The third-order valence-corrected chi connectivity index (χ3v) is 4.98. The molecule has 1 aliphatic carbocycles. The van der Waals surface area contributed by atoms with E-state index in [2.05, 4.69) is 17.4 Å². The third-order valence-electron chi connectivity index (χ3n) is 4.98. The van der Waals surface area contributed by atoms with Gasteiger partial charge in [-0.2, -0.15) is 0 Å². The van der Waals surface area contributed by atoms with Crippen molar-refractivity contribution in [3.8, 4) is 0 Å². The summed E-state index contributed by atoms with van der Waals surface area (Å²) in [7, 11) is 0. The second-order valence-electron chi connectivity index (χ2n) is 6.85.